The molecule has 1 aromatic heterocycles. The van der Waals surface area contributed by atoms with Crippen molar-refractivity contribution in [1.82, 2.24) is 14.5 Å². The Morgan fingerprint density at radius 1 is 0.900 bits per heavy atom. The van der Waals surface area contributed by atoms with Crippen LogP contribution in [0.1, 0.15) is 41.7 Å². The molecule has 30 heavy (non-hydrogen) atoms. The third kappa shape index (κ3) is 5.29. The number of hydrogen-bond donors (Lipinski definition) is 1. The lowest BCUT2D eigenvalue weighted by Gasteiger charge is -2.14. The second kappa shape index (κ2) is 9.60. The Morgan fingerprint density at radius 3 is 2.23 bits per heavy atom. The van der Waals surface area contributed by atoms with Crippen molar-refractivity contribution in [3.63, 3.8) is 0 Å². The largest absolute Gasteiger partial charge is 0.352 e. The highest BCUT2D eigenvalue weighted by Gasteiger charge is 2.28. The first-order chi connectivity index (χ1) is 14.5. The minimum absolute atomic E-state index is 0.0943. The maximum atomic E-state index is 12.6. The number of sulfonamides is 1. The Labute approximate surface area is 182 Å². The van der Waals surface area contributed by atoms with E-state index in [1.54, 1.807) is 12.1 Å². The highest BCUT2D eigenvalue weighted by atomic mass is 32.2. The summed E-state index contributed by atoms with van der Waals surface area (Å²) in [6.07, 6.45) is 4.62. The first-order valence-electron chi connectivity index (χ1n) is 10.7. The van der Waals surface area contributed by atoms with E-state index in [1.807, 2.05) is 0 Å². The van der Waals surface area contributed by atoms with Gasteiger partial charge < -0.3 is 5.32 Å². The number of carbonyl (C=O) groups excluding carboxylic acids is 1. The topological polar surface area (TPSA) is 69.7 Å². The Bertz CT molecular complexity index is 958. The number of amides is 1. The number of nitrogens with zero attached hydrogens (tertiary/aromatic N) is 2. The molecule has 0 unspecified atom stereocenters. The van der Waals surface area contributed by atoms with E-state index in [0.717, 1.165) is 29.8 Å². The Morgan fingerprint density at radius 2 is 1.53 bits per heavy atom. The molecule has 2 fully saturated rings. The number of thiophene rings is 1. The molecule has 1 amide bonds. The number of rotatable bonds is 8. The molecular formula is C22H29N3O3S2. The molecule has 0 saturated carbocycles. The Kier molecular flexibility index (Phi) is 6.87. The van der Waals surface area contributed by atoms with Gasteiger partial charge in [0.25, 0.3) is 10.0 Å². The van der Waals surface area contributed by atoms with E-state index in [4.69, 9.17) is 0 Å². The molecule has 162 valence electrons. The first kappa shape index (κ1) is 21.5. The molecule has 0 radical (unpaired) electrons. The van der Waals surface area contributed by atoms with Crippen molar-refractivity contribution < 1.29 is 13.2 Å². The van der Waals surface area contributed by atoms with Crippen molar-refractivity contribution in [1.29, 1.82) is 0 Å². The average molecular weight is 448 g/mol. The van der Waals surface area contributed by atoms with Crippen LogP contribution in [0.25, 0.3) is 0 Å². The van der Waals surface area contributed by atoms with Crippen LogP contribution in [0.2, 0.25) is 0 Å². The molecule has 2 aromatic rings. The summed E-state index contributed by atoms with van der Waals surface area (Å²) in [6.45, 7) is 5.02. The fraction of sp³-hybridized carbons (Fsp3) is 0.500. The third-order valence-corrected chi connectivity index (χ3v) is 9.20. The molecule has 0 aliphatic carbocycles. The minimum atomic E-state index is -3.41. The van der Waals surface area contributed by atoms with Gasteiger partial charge in [0.15, 0.2) is 0 Å². The van der Waals surface area contributed by atoms with E-state index in [0.29, 0.717) is 23.8 Å². The zero-order chi connectivity index (χ0) is 21.0. The molecule has 1 aromatic carbocycles. The van der Waals surface area contributed by atoms with Crippen molar-refractivity contribution in [3.8, 4) is 0 Å². The van der Waals surface area contributed by atoms with Gasteiger partial charge in [-0.05, 0) is 62.0 Å². The van der Waals surface area contributed by atoms with E-state index >= 15 is 0 Å². The molecule has 2 aliphatic heterocycles. The molecular weight excluding hydrogens is 418 g/mol. The molecule has 0 bridgehead atoms. The predicted molar refractivity (Wildman–Crippen MR) is 119 cm³/mol. The standard InChI is InChI=1S/C22H29N3O3S2/c26-21(15-20-9-10-22(29-20)30(27,28)25-13-3-4-14-25)23-16-18-5-7-19(8-6-18)17-24-11-1-2-12-24/h5-10H,1-4,11-17H2,(H,23,26). The predicted octanol–water partition coefficient (Wildman–Crippen LogP) is 2.99. The SMILES string of the molecule is O=C(Cc1ccc(S(=O)(=O)N2CCCC2)s1)NCc1ccc(CN2CCCC2)cc1. The molecule has 2 saturated heterocycles. The fourth-order valence-corrected chi connectivity index (χ4v) is 7.06. The van der Waals surface area contributed by atoms with E-state index < -0.39 is 10.0 Å². The van der Waals surface area contributed by atoms with Crippen LogP contribution < -0.4 is 5.32 Å². The van der Waals surface area contributed by atoms with Gasteiger partial charge in [-0.1, -0.05) is 24.3 Å². The summed E-state index contributed by atoms with van der Waals surface area (Å²) in [5.74, 6) is -0.0943. The van der Waals surface area contributed by atoms with Crippen molar-refractivity contribution in [2.24, 2.45) is 0 Å². The van der Waals surface area contributed by atoms with Crippen molar-refractivity contribution in [3.05, 3.63) is 52.4 Å². The lowest BCUT2D eigenvalue weighted by Crippen LogP contribution is -2.27. The summed E-state index contributed by atoms with van der Waals surface area (Å²) in [5.41, 5.74) is 2.37. The monoisotopic (exact) mass is 447 g/mol. The molecule has 0 spiro atoms. The maximum Gasteiger partial charge on any atom is 0.252 e. The number of carbonyl (C=O) groups is 1. The van der Waals surface area contributed by atoms with E-state index in [1.165, 1.54) is 47.1 Å². The zero-order valence-corrected chi connectivity index (χ0v) is 18.8. The first-order valence-corrected chi connectivity index (χ1v) is 12.9. The lowest BCUT2D eigenvalue weighted by atomic mass is 10.1. The summed E-state index contributed by atoms with van der Waals surface area (Å²) >= 11 is 1.20. The number of likely N-dealkylation sites (tertiary alicyclic amines) is 1. The van der Waals surface area contributed by atoms with Gasteiger partial charge in [0.2, 0.25) is 5.91 Å². The Balaban J connectivity index is 1.26. The second-order valence-corrected chi connectivity index (χ2v) is 11.4. The molecule has 8 heteroatoms. The molecule has 1 N–H and O–H groups in total. The number of benzene rings is 1. The van der Waals surface area contributed by atoms with Gasteiger partial charge in [0.1, 0.15) is 4.21 Å². The van der Waals surface area contributed by atoms with Crippen LogP contribution in [0.3, 0.4) is 0 Å². The van der Waals surface area contributed by atoms with Gasteiger partial charge in [0, 0.05) is 31.1 Å². The van der Waals surface area contributed by atoms with Crippen LogP contribution in [0.5, 0.6) is 0 Å². The van der Waals surface area contributed by atoms with Gasteiger partial charge in [-0.25, -0.2) is 8.42 Å². The molecule has 3 heterocycles. The molecule has 2 aliphatic rings. The highest BCUT2D eigenvalue weighted by molar-refractivity contribution is 7.91. The van der Waals surface area contributed by atoms with E-state index in [-0.39, 0.29) is 12.3 Å². The fourth-order valence-electron chi connectivity index (χ4n) is 4.03. The van der Waals surface area contributed by atoms with Crippen LogP contribution in [0.4, 0.5) is 0 Å². The second-order valence-electron chi connectivity index (χ2n) is 8.09. The minimum Gasteiger partial charge on any atom is -0.352 e. The summed E-state index contributed by atoms with van der Waals surface area (Å²) < 4.78 is 27.1. The lowest BCUT2D eigenvalue weighted by molar-refractivity contribution is -0.120. The summed E-state index contributed by atoms with van der Waals surface area (Å²) in [5, 5.41) is 2.94. The summed E-state index contributed by atoms with van der Waals surface area (Å²) in [6, 6.07) is 11.8. The van der Waals surface area contributed by atoms with Crippen molar-refractivity contribution in [2.45, 2.75) is 49.4 Å². The van der Waals surface area contributed by atoms with Gasteiger partial charge >= 0.3 is 0 Å². The van der Waals surface area contributed by atoms with E-state index in [9.17, 15) is 13.2 Å². The zero-order valence-electron chi connectivity index (χ0n) is 17.2. The van der Waals surface area contributed by atoms with Gasteiger partial charge in [0.05, 0.1) is 6.42 Å². The highest BCUT2D eigenvalue weighted by Crippen LogP contribution is 2.27. The third-order valence-electron chi connectivity index (χ3n) is 5.75. The van der Waals surface area contributed by atoms with Crippen LogP contribution >= 0.6 is 11.3 Å². The molecule has 4 rings (SSSR count). The summed E-state index contributed by atoms with van der Waals surface area (Å²) in [4.78, 5) is 15.6. The molecule has 6 nitrogen and oxygen atoms in total. The quantitative estimate of drug-likeness (QED) is 0.675. The Hall–Kier alpha value is -1.74. The van der Waals surface area contributed by atoms with Crippen LogP contribution in [0.15, 0.2) is 40.6 Å². The van der Waals surface area contributed by atoms with Crippen LogP contribution in [-0.2, 0) is 34.3 Å². The van der Waals surface area contributed by atoms with E-state index in [2.05, 4.69) is 34.5 Å². The van der Waals surface area contributed by atoms with Crippen molar-refractivity contribution >= 4 is 27.3 Å². The molecule has 0 atom stereocenters. The van der Waals surface area contributed by atoms with Crippen LogP contribution in [-0.4, -0.2) is 49.7 Å². The van der Waals surface area contributed by atoms with Gasteiger partial charge in [-0.3, -0.25) is 9.69 Å². The number of hydrogen-bond acceptors (Lipinski definition) is 5. The average Bonchev–Trinajstić information content (AvgIpc) is 3.50. The maximum absolute atomic E-state index is 12.6. The summed E-state index contributed by atoms with van der Waals surface area (Å²) in [7, 11) is -3.41. The van der Waals surface area contributed by atoms with Gasteiger partial charge in [-0.15, -0.1) is 11.3 Å². The van der Waals surface area contributed by atoms with Crippen LogP contribution in [0, 0.1) is 0 Å². The van der Waals surface area contributed by atoms with Crippen molar-refractivity contribution in [2.75, 3.05) is 26.2 Å². The normalized spacial score (nSPS) is 18.1. The number of nitrogens with one attached hydrogen (secondary N) is 1. The smallest absolute Gasteiger partial charge is 0.252 e. The van der Waals surface area contributed by atoms with Gasteiger partial charge in [-0.2, -0.15) is 4.31 Å².